The number of nitriles is 1. The number of nitrogens with zero attached hydrogens (tertiary/aromatic N) is 2. The van der Waals surface area contributed by atoms with Gasteiger partial charge in [0.05, 0.1) is 5.56 Å². The monoisotopic (exact) mass is 284 g/mol. The smallest absolute Gasteiger partial charge is 0.335 e. The highest BCUT2D eigenvalue weighted by molar-refractivity contribution is 6.01. The van der Waals surface area contributed by atoms with Crippen LogP contribution in [0.4, 0.5) is 0 Å². The first-order valence-electron chi connectivity index (χ1n) is 6.86. The first-order valence-corrected chi connectivity index (χ1v) is 6.86. The summed E-state index contributed by atoms with van der Waals surface area (Å²) in [5, 5.41) is 18.0. The molecule has 108 valence electrons. The number of hydrogen-bond acceptors (Lipinski definition) is 3. The Kier molecular flexibility index (Phi) is 4.72. The lowest BCUT2D eigenvalue weighted by molar-refractivity contribution is -0.127. The predicted octanol–water partition coefficient (Wildman–Crippen LogP) is 2.30. The van der Waals surface area contributed by atoms with Gasteiger partial charge in [-0.2, -0.15) is 5.26 Å². The molecule has 1 saturated heterocycles. The van der Waals surface area contributed by atoms with Crippen LogP contribution in [-0.4, -0.2) is 35.0 Å². The third kappa shape index (κ3) is 3.69. The van der Waals surface area contributed by atoms with Gasteiger partial charge in [-0.05, 0) is 43.0 Å². The van der Waals surface area contributed by atoms with Crippen molar-refractivity contribution in [2.45, 2.75) is 19.3 Å². The fourth-order valence-corrected chi connectivity index (χ4v) is 2.30. The van der Waals surface area contributed by atoms with Crippen LogP contribution in [0.25, 0.3) is 6.08 Å². The molecule has 1 heterocycles. The Labute approximate surface area is 123 Å². The first-order chi connectivity index (χ1) is 10.1. The number of carbonyl (C=O) groups is 2. The first kappa shape index (κ1) is 14.8. The molecule has 5 heteroatoms. The van der Waals surface area contributed by atoms with Gasteiger partial charge < -0.3 is 10.0 Å². The van der Waals surface area contributed by atoms with Crippen molar-refractivity contribution >= 4 is 18.0 Å². The number of rotatable bonds is 3. The average molecular weight is 284 g/mol. The second kappa shape index (κ2) is 6.71. The fourth-order valence-electron chi connectivity index (χ4n) is 2.30. The molecule has 5 nitrogen and oxygen atoms in total. The predicted molar refractivity (Wildman–Crippen MR) is 77.4 cm³/mol. The molecule has 1 amide bonds. The van der Waals surface area contributed by atoms with E-state index in [2.05, 4.69) is 0 Å². The van der Waals surface area contributed by atoms with Crippen LogP contribution < -0.4 is 0 Å². The maximum Gasteiger partial charge on any atom is 0.335 e. The Balaban J connectivity index is 2.17. The highest BCUT2D eigenvalue weighted by Gasteiger charge is 2.20. The van der Waals surface area contributed by atoms with Gasteiger partial charge in [-0.3, -0.25) is 4.79 Å². The van der Waals surface area contributed by atoms with Gasteiger partial charge in [0.15, 0.2) is 0 Å². The van der Waals surface area contributed by atoms with Crippen LogP contribution in [-0.2, 0) is 4.79 Å². The van der Waals surface area contributed by atoms with E-state index in [4.69, 9.17) is 5.11 Å². The number of carboxylic acid groups (broad SMARTS) is 1. The lowest BCUT2D eigenvalue weighted by Crippen LogP contribution is -2.36. The summed E-state index contributed by atoms with van der Waals surface area (Å²) >= 11 is 0. The van der Waals surface area contributed by atoms with Crippen LogP contribution in [0.2, 0.25) is 0 Å². The molecule has 1 aromatic carbocycles. The second-order valence-electron chi connectivity index (χ2n) is 4.95. The molecule has 1 fully saturated rings. The summed E-state index contributed by atoms with van der Waals surface area (Å²) in [5.74, 6) is -1.25. The van der Waals surface area contributed by atoms with Gasteiger partial charge in [0.1, 0.15) is 11.6 Å². The van der Waals surface area contributed by atoms with Crippen LogP contribution in [0.1, 0.15) is 35.2 Å². The molecule has 1 aromatic rings. The summed E-state index contributed by atoms with van der Waals surface area (Å²) in [6.45, 7) is 1.38. The van der Waals surface area contributed by atoms with Crippen molar-refractivity contribution in [2.75, 3.05) is 13.1 Å². The maximum atomic E-state index is 12.2. The van der Waals surface area contributed by atoms with Gasteiger partial charge in [-0.1, -0.05) is 12.1 Å². The Hall–Kier alpha value is -2.61. The summed E-state index contributed by atoms with van der Waals surface area (Å²) in [5.41, 5.74) is 0.898. The van der Waals surface area contributed by atoms with E-state index in [-0.39, 0.29) is 17.0 Å². The van der Waals surface area contributed by atoms with Crippen LogP contribution in [0.15, 0.2) is 29.8 Å². The van der Waals surface area contributed by atoms with Crippen molar-refractivity contribution in [1.29, 1.82) is 5.26 Å². The maximum absolute atomic E-state index is 12.2. The number of aromatic carboxylic acids is 1. The van der Waals surface area contributed by atoms with Gasteiger partial charge in [0, 0.05) is 13.1 Å². The summed E-state index contributed by atoms with van der Waals surface area (Å²) in [6, 6.07) is 8.02. The number of carbonyl (C=O) groups excluding carboxylic acids is 1. The lowest BCUT2D eigenvalue weighted by Gasteiger charge is -2.26. The molecule has 21 heavy (non-hydrogen) atoms. The van der Waals surface area contributed by atoms with Gasteiger partial charge >= 0.3 is 5.97 Å². The van der Waals surface area contributed by atoms with Gasteiger partial charge in [0.25, 0.3) is 5.91 Å². The van der Waals surface area contributed by atoms with E-state index >= 15 is 0 Å². The highest BCUT2D eigenvalue weighted by Crippen LogP contribution is 2.15. The Morgan fingerprint density at radius 3 is 2.29 bits per heavy atom. The van der Waals surface area contributed by atoms with Crippen molar-refractivity contribution in [3.8, 4) is 6.07 Å². The van der Waals surface area contributed by atoms with Crippen LogP contribution in [0.5, 0.6) is 0 Å². The number of hydrogen-bond donors (Lipinski definition) is 1. The standard InChI is InChI=1S/C16H16N2O3/c17-11-14(15(19)18-8-2-1-3-9-18)10-12-4-6-13(7-5-12)16(20)21/h4-7,10H,1-3,8-9H2,(H,20,21)/b14-10+. The van der Waals surface area contributed by atoms with E-state index in [1.165, 1.54) is 18.2 Å². The third-order valence-corrected chi connectivity index (χ3v) is 3.46. The zero-order valence-corrected chi connectivity index (χ0v) is 11.6. The topological polar surface area (TPSA) is 81.4 Å². The highest BCUT2D eigenvalue weighted by atomic mass is 16.4. The summed E-state index contributed by atoms with van der Waals surface area (Å²) in [4.78, 5) is 24.7. The molecule has 1 aliphatic rings. The minimum Gasteiger partial charge on any atom is -0.478 e. The SMILES string of the molecule is N#C/C(=C\c1ccc(C(=O)O)cc1)C(=O)N1CCCCC1. The van der Waals surface area contributed by atoms with Crippen molar-refractivity contribution < 1.29 is 14.7 Å². The normalized spacial score (nSPS) is 15.4. The number of likely N-dealkylation sites (tertiary alicyclic amines) is 1. The molecule has 2 rings (SSSR count). The number of benzene rings is 1. The average Bonchev–Trinajstić information content (AvgIpc) is 2.53. The van der Waals surface area contributed by atoms with E-state index in [0.29, 0.717) is 18.7 Å². The molecule has 0 saturated carbocycles. The van der Waals surface area contributed by atoms with Gasteiger partial charge in [0.2, 0.25) is 0 Å². The molecular formula is C16H16N2O3. The van der Waals surface area contributed by atoms with Crippen LogP contribution in [0.3, 0.4) is 0 Å². The van der Waals surface area contributed by atoms with Crippen molar-refractivity contribution in [1.82, 2.24) is 4.90 Å². The van der Waals surface area contributed by atoms with Crippen molar-refractivity contribution in [3.05, 3.63) is 41.0 Å². The van der Waals surface area contributed by atoms with Gasteiger partial charge in [-0.25, -0.2) is 4.79 Å². The molecule has 1 aliphatic heterocycles. The zero-order valence-electron chi connectivity index (χ0n) is 11.6. The summed E-state index contributed by atoms with van der Waals surface area (Å²) in [6.07, 6.45) is 4.56. The molecule has 1 N–H and O–H groups in total. The van der Waals surface area contributed by atoms with Crippen LogP contribution >= 0.6 is 0 Å². The molecule has 0 aromatic heterocycles. The minimum absolute atomic E-state index is 0.0833. The quantitative estimate of drug-likeness (QED) is 0.682. The Bertz CT molecular complexity index is 605. The van der Waals surface area contributed by atoms with Crippen molar-refractivity contribution in [3.63, 3.8) is 0 Å². The van der Waals surface area contributed by atoms with E-state index < -0.39 is 5.97 Å². The van der Waals surface area contributed by atoms with E-state index in [0.717, 1.165) is 19.3 Å². The Morgan fingerprint density at radius 2 is 1.76 bits per heavy atom. The molecule has 0 radical (unpaired) electrons. The number of piperidine rings is 1. The molecule has 0 unspecified atom stereocenters. The number of amides is 1. The molecule has 0 aliphatic carbocycles. The lowest BCUT2D eigenvalue weighted by atomic mass is 10.1. The largest absolute Gasteiger partial charge is 0.478 e. The fraction of sp³-hybridized carbons (Fsp3) is 0.312. The van der Waals surface area contributed by atoms with E-state index in [9.17, 15) is 14.9 Å². The van der Waals surface area contributed by atoms with E-state index in [1.807, 2.05) is 6.07 Å². The molecule has 0 spiro atoms. The van der Waals surface area contributed by atoms with Crippen LogP contribution in [0, 0.1) is 11.3 Å². The second-order valence-corrected chi connectivity index (χ2v) is 4.95. The van der Waals surface area contributed by atoms with Crippen molar-refractivity contribution in [2.24, 2.45) is 0 Å². The third-order valence-electron chi connectivity index (χ3n) is 3.46. The zero-order chi connectivity index (χ0) is 15.2. The molecular weight excluding hydrogens is 268 g/mol. The summed E-state index contributed by atoms with van der Waals surface area (Å²) < 4.78 is 0. The van der Waals surface area contributed by atoms with Gasteiger partial charge in [-0.15, -0.1) is 0 Å². The number of carboxylic acids is 1. The Morgan fingerprint density at radius 1 is 1.14 bits per heavy atom. The molecule has 0 bridgehead atoms. The summed E-state index contributed by atoms with van der Waals surface area (Å²) in [7, 11) is 0. The molecule has 0 atom stereocenters. The minimum atomic E-state index is -1.00. The van der Waals surface area contributed by atoms with E-state index in [1.54, 1.807) is 17.0 Å².